The average molecular weight is 555 g/mol. The zero-order valence-corrected chi connectivity index (χ0v) is 25.0. The first-order valence-corrected chi connectivity index (χ1v) is 13.0. The van der Waals surface area contributed by atoms with Gasteiger partial charge >= 0.3 is 0 Å². The largest absolute Gasteiger partial charge is 0.494 e. The van der Waals surface area contributed by atoms with Crippen molar-refractivity contribution < 1.29 is 19.0 Å². The van der Waals surface area contributed by atoms with Crippen LogP contribution in [0.3, 0.4) is 0 Å². The topological polar surface area (TPSA) is 41.9 Å². The molecule has 9 heteroatoms. The second kappa shape index (κ2) is 16.2. The minimum Gasteiger partial charge on any atom is -0.494 e. The van der Waals surface area contributed by atoms with Gasteiger partial charge in [-0.1, -0.05) is 19.9 Å². The van der Waals surface area contributed by atoms with Crippen molar-refractivity contribution in [3.63, 3.8) is 0 Å². The van der Waals surface area contributed by atoms with Crippen molar-refractivity contribution in [1.82, 2.24) is 4.90 Å². The summed E-state index contributed by atoms with van der Waals surface area (Å²) < 4.78 is 23.9. The number of alkyl halides is 1. The highest BCUT2D eigenvalue weighted by Gasteiger charge is 2.47. The van der Waals surface area contributed by atoms with Gasteiger partial charge in [-0.15, -0.1) is 11.8 Å². The molecule has 0 spiro atoms. The van der Waals surface area contributed by atoms with Crippen LogP contribution in [0.15, 0.2) is 12.1 Å². The molecule has 4 nitrogen and oxygen atoms in total. The van der Waals surface area contributed by atoms with Gasteiger partial charge in [0, 0.05) is 30.8 Å². The Labute approximate surface area is 231 Å². The Morgan fingerprint density at radius 1 is 1.26 bits per heavy atom. The maximum absolute atomic E-state index is 12.3. The highest BCUT2D eigenvalue weighted by molar-refractivity contribution is 7.99. The molecule has 2 heterocycles. The van der Waals surface area contributed by atoms with E-state index in [0.717, 1.165) is 38.1 Å². The van der Waals surface area contributed by atoms with Crippen LogP contribution in [0.2, 0.25) is 0 Å². The molecule has 0 saturated carbocycles. The normalized spacial score (nSPS) is 23.7. The van der Waals surface area contributed by atoms with Crippen LogP contribution in [0, 0.1) is 18.8 Å². The summed E-state index contributed by atoms with van der Waals surface area (Å²) >= 11 is 1.47. The maximum atomic E-state index is 12.3. The van der Waals surface area contributed by atoms with Crippen molar-refractivity contribution in [3.05, 3.63) is 28.8 Å². The monoisotopic (exact) mass is 554 g/mol. The Hall–Kier alpha value is 0.230. The summed E-state index contributed by atoms with van der Waals surface area (Å²) in [6, 6.07) is 4.72. The lowest BCUT2D eigenvalue weighted by Gasteiger charge is -2.52. The fraction of sp³-hybridized carbons (Fsp3) is 0.760. The molecule has 1 aromatic rings. The van der Waals surface area contributed by atoms with Gasteiger partial charge < -0.3 is 14.6 Å². The summed E-state index contributed by atoms with van der Waals surface area (Å²) in [5.41, 5.74) is 3.16. The number of hydrogen-bond donors (Lipinski definition) is 1. The molecule has 0 amide bonds. The molecule has 3 atom stereocenters. The first kappa shape index (κ1) is 34.2. The Morgan fingerprint density at radius 2 is 2.00 bits per heavy atom. The first-order chi connectivity index (χ1) is 14.9. The third kappa shape index (κ3) is 8.67. The Balaban J connectivity index is 0.00000363. The maximum Gasteiger partial charge on any atom is 0.122 e. The molecule has 1 aromatic carbocycles. The van der Waals surface area contributed by atoms with Crippen LogP contribution < -0.4 is 4.74 Å². The Kier molecular flexibility index (Phi) is 16.3. The molecule has 0 radical (unpaired) electrons. The highest BCUT2D eigenvalue weighted by Crippen LogP contribution is 2.47. The summed E-state index contributed by atoms with van der Waals surface area (Å²) in [5, 5.41) is 11.9. The van der Waals surface area contributed by atoms with Gasteiger partial charge in [0.05, 0.1) is 31.4 Å². The van der Waals surface area contributed by atoms with E-state index in [1.165, 1.54) is 28.5 Å². The minimum atomic E-state index is -0.749. The van der Waals surface area contributed by atoms with E-state index in [-0.39, 0.29) is 59.1 Å². The molecule has 2 aliphatic rings. The van der Waals surface area contributed by atoms with Crippen LogP contribution >= 0.6 is 52.2 Å². The van der Waals surface area contributed by atoms with Crippen LogP contribution in [0.5, 0.6) is 5.75 Å². The summed E-state index contributed by atoms with van der Waals surface area (Å²) in [4.78, 5) is 2.58. The van der Waals surface area contributed by atoms with Gasteiger partial charge in [-0.25, -0.2) is 0 Å². The van der Waals surface area contributed by atoms with E-state index in [1.54, 1.807) is 0 Å². The van der Waals surface area contributed by atoms with Crippen LogP contribution in [0.1, 0.15) is 62.8 Å². The second-order valence-corrected chi connectivity index (χ2v) is 10.6. The number of fused-ring (bicyclic) bond motifs is 3. The van der Waals surface area contributed by atoms with E-state index in [1.807, 2.05) is 6.92 Å². The molecule has 200 valence electrons. The zero-order chi connectivity index (χ0) is 22.4. The molecule has 1 fully saturated rings. The third-order valence-electron chi connectivity index (χ3n) is 6.79. The van der Waals surface area contributed by atoms with Gasteiger partial charge in [-0.3, -0.25) is 9.29 Å². The van der Waals surface area contributed by atoms with E-state index in [0.29, 0.717) is 37.2 Å². The predicted octanol–water partition coefficient (Wildman–Crippen LogP) is 5.50. The zero-order valence-electron chi connectivity index (χ0n) is 21.2. The molecule has 0 aromatic heterocycles. The lowest BCUT2D eigenvalue weighted by Crippen LogP contribution is -2.55. The average Bonchev–Trinajstić information content (AvgIpc) is 2.72. The first-order valence-electron chi connectivity index (χ1n) is 11.8. The van der Waals surface area contributed by atoms with Crippen LogP contribution in [0.4, 0.5) is 4.39 Å². The number of nitrogens with zero attached hydrogens (tertiary/aromatic N) is 1. The minimum absolute atomic E-state index is 0. The SMILES string of the molecule is CCOc1cc2c(cc1C)CCN1C[C@H](CC(C)C)[C@](O)(CCOCSCC[18F])C[C@@H]21.S.S.S. The van der Waals surface area contributed by atoms with E-state index in [4.69, 9.17) is 9.47 Å². The molecule has 0 bridgehead atoms. The fourth-order valence-electron chi connectivity index (χ4n) is 5.28. The second-order valence-electron chi connectivity index (χ2n) is 9.52. The van der Waals surface area contributed by atoms with E-state index in [9.17, 15) is 9.50 Å². The number of benzene rings is 1. The van der Waals surface area contributed by atoms with Crippen molar-refractivity contribution in [1.29, 1.82) is 0 Å². The number of aryl methyl sites for hydroxylation is 1. The number of piperidine rings is 1. The number of aliphatic hydroxyl groups is 1. The molecule has 34 heavy (non-hydrogen) atoms. The van der Waals surface area contributed by atoms with Gasteiger partial charge in [-0.05, 0) is 68.2 Å². The van der Waals surface area contributed by atoms with Gasteiger partial charge in [-0.2, -0.15) is 40.5 Å². The Morgan fingerprint density at radius 3 is 2.65 bits per heavy atom. The third-order valence-corrected chi connectivity index (χ3v) is 7.57. The predicted molar refractivity (Wildman–Crippen MR) is 158 cm³/mol. The quantitative estimate of drug-likeness (QED) is 0.289. The van der Waals surface area contributed by atoms with Crippen LogP contribution in [-0.4, -0.2) is 60.3 Å². The summed E-state index contributed by atoms with van der Waals surface area (Å²) in [7, 11) is 0. The smallest absolute Gasteiger partial charge is 0.122 e. The molecule has 3 rings (SSSR count). The van der Waals surface area contributed by atoms with Gasteiger partial charge in [0.1, 0.15) is 5.75 Å². The van der Waals surface area contributed by atoms with Crippen molar-refractivity contribution in [3.8, 4) is 5.75 Å². The van der Waals surface area contributed by atoms with Crippen LogP contribution in [-0.2, 0) is 11.2 Å². The standard InChI is InChI=1S/C25H40FNO3S.3H2S/c1-5-30-24-14-22-20(13-19(24)4)6-9-27-16-21(12-18(2)3)25(28,15-23(22)27)7-10-29-17-31-11-8-26;;;/h13-14,18,21,23,28H,5-12,15-17H2,1-4H3;3*1H2/t21-,23-,25-;;;/m0.../s1/i26-1;;;. The number of ether oxygens (including phenoxy) is 2. The number of rotatable bonds is 11. The number of halogens is 1. The molecule has 1 saturated heterocycles. The summed E-state index contributed by atoms with van der Waals surface area (Å²) in [6.07, 6.45) is 3.43. The molecule has 2 aliphatic heterocycles. The van der Waals surface area contributed by atoms with Crippen molar-refractivity contribution >= 4 is 52.2 Å². The number of hydrogen-bond acceptors (Lipinski definition) is 5. The summed E-state index contributed by atoms with van der Waals surface area (Å²) in [5.74, 6) is 2.70. The van der Waals surface area contributed by atoms with Crippen molar-refractivity contribution in [2.24, 2.45) is 11.8 Å². The Bertz CT molecular complexity index is 728. The van der Waals surface area contributed by atoms with E-state index in [2.05, 4.69) is 37.8 Å². The van der Waals surface area contributed by atoms with E-state index < -0.39 is 5.60 Å². The van der Waals surface area contributed by atoms with Crippen LogP contribution in [0.25, 0.3) is 0 Å². The lowest BCUT2D eigenvalue weighted by atomic mass is 9.70. The number of thioether (sulfide) groups is 1. The lowest BCUT2D eigenvalue weighted by molar-refractivity contribution is -0.116. The molecule has 0 aliphatic carbocycles. The summed E-state index contributed by atoms with van der Waals surface area (Å²) in [6.45, 7) is 11.4. The van der Waals surface area contributed by atoms with Crippen molar-refractivity contribution in [2.45, 2.75) is 65.0 Å². The molecule has 0 unspecified atom stereocenters. The van der Waals surface area contributed by atoms with Crippen molar-refractivity contribution in [2.75, 3.05) is 44.7 Å². The molecular formula is C25H46FNO3S4. The van der Waals surface area contributed by atoms with E-state index >= 15 is 0 Å². The van der Waals surface area contributed by atoms with Gasteiger partial charge in [0.15, 0.2) is 0 Å². The fourth-order valence-corrected chi connectivity index (χ4v) is 5.74. The molecule has 1 N–H and O–H groups in total. The highest BCUT2D eigenvalue weighted by atomic mass is 32.2. The van der Waals surface area contributed by atoms with Gasteiger partial charge in [0.25, 0.3) is 0 Å². The van der Waals surface area contributed by atoms with Gasteiger partial charge in [0.2, 0.25) is 0 Å². The molecular weight excluding hydrogens is 509 g/mol.